The standard InChI is InChI=1S/C15H13N3O2S2/c1-18(11-6-3-2-4-7-11)13(19)10-20-15-17-16-14(22-15)12-8-5-9-21-12/h2-9H,10H2,1H3. The molecule has 0 bridgehead atoms. The van der Waals surface area contributed by atoms with Crippen molar-refractivity contribution in [2.45, 2.75) is 0 Å². The fourth-order valence-electron chi connectivity index (χ4n) is 1.78. The lowest BCUT2D eigenvalue weighted by atomic mass is 10.3. The smallest absolute Gasteiger partial charge is 0.294 e. The van der Waals surface area contributed by atoms with Gasteiger partial charge >= 0.3 is 0 Å². The summed E-state index contributed by atoms with van der Waals surface area (Å²) in [6, 6.07) is 13.4. The predicted molar refractivity (Wildman–Crippen MR) is 88.6 cm³/mol. The molecule has 0 aliphatic rings. The summed E-state index contributed by atoms with van der Waals surface area (Å²) in [4.78, 5) is 14.7. The Morgan fingerprint density at radius 1 is 1.18 bits per heavy atom. The van der Waals surface area contributed by atoms with Crippen LogP contribution in [0.1, 0.15) is 0 Å². The van der Waals surface area contributed by atoms with Crippen molar-refractivity contribution in [2.75, 3.05) is 18.6 Å². The second-order valence-corrected chi connectivity index (χ2v) is 6.32. The van der Waals surface area contributed by atoms with Crippen molar-refractivity contribution in [3.8, 4) is 15.1 Å². The number of ether oxygens (including phenoxy) is 1. The third-order valence-corrected chi connectivity index (χ3v) is 4.85. The summed E-state index contributed by atoms with van der Waals surface area (Å²) < 4.78 is 5.45. The molecule has 2 aromatic heterocycles. The number of amides is 1. The maximum Gasteiger partial charge on any atom is 0.294 e. The van der Waals surface area contributed by atoms with Crippen LogP contribution in [-0.4, -0.2) is 29.8 Å². The number of carbonyl (C=O) groups excluding carboxylic acids is 1. The Hall–Kier alpha value is -2.25. The van der Waals surface area contributed by atoms with Gasteiger partial charge in [0.25, 0.3) is 11.1 Å². The van der Waals surface area contributed by atoms with E-state index in [0.29, 0.717) is 5.19 Å². The van der Waals surface area contributed by atoms with E-state index in [0.717, 1.165) is 15.6 Å². The maximum atomic E-state index is 12.1. The molecule has 3 aromatic rings. The van der Waals surface area contributed by atoms with E-state index >= 15 is 0 Å². The molecule has 22 heavy (non-hydrogen) atoms. The van der Waals surface area contributed by atoms with Crippen LogP contribution >= 0.6 is 22.7 Å². The van der Waals surface area contributed by atoms with Gasteiger partial charge in [0.2, 0.25) is 0 Å². The third kappa shape index (κ3) is 3.32. The minimum absolute atomic E-state index is 0.0650. The Balaban J connectivity index is 1.59. The number of hydrogen-bond acceptors (Lipinski definition) is 6. The zero-order valence-electron chi connectivity index (χ0n) is 11.8. The van der Waals surface area contributed by atoms with Crippen LogP contribution in [0.15, 0.2) is 47.8 Å². The van der Waals surface area contributed by atoms with Crippen molar-refractivity contribution in [3.05, 3.63) is 47.8 Å². The van der Waals surface area contributed by atoms with Gasteiger partial charge in [0, 0.05) is 12.7 Å². The van der Waals surface area contributed by atoms with E-state index in [1.807, 2.05) is 47.8 Å². The van der Waals surface area contributed by atoms with Crippen LogP contribution in [-0.2, 0) is 4.79 Å². The first-order chi connectivity index (χ1) is 10.7. The third-order valence-electron chi connectivity index (χ3n) is 2.98. The highest BCUT2D eigenvalue weighted by molar-refractivity contribution is 7.21. The molecule has 0 N–H and O–H groups in total. The summed E-state index contributed by atoms with van der Waals surface area (Å²) in [5.41, 5.74) is 0.827. The molecule has 1 amide bonds. The molecule has 0 unspecified atom stereocenters. The molecular weight excluding hydrogens is 318 g/mol. The fourth-order valence-corrected chi connectivity index (χ4v) is 3.27. The molecule has 3 rings (SSSR count). The number of benzene rings is 1. The second-order valence-electron chi connectivity index (χ2n) is 4.43. The van der Waals surface area contributed by atoms with E-state index in [2.05, 4.69) is 10.2 Å². The van der Waals surface area contributed by atoms with Crippen molar-refractivity contribution >= 4 is 34.3 Å². The number of thiophene rings is 1. The second kappa shape index (κ2) is 6.67. The molecule has 1 aromatic carbocycles. The Kier molecular flexibility index (Phi) is 4.45. The molecule has 112 valence electrons. The largest absolute Gasteiger partial charge is 0.459 e. The zero-order chi connectivity index (χ0) is 15.4. The first-order valence-corrected chi connectivity index (χ1v) is 8.25. The zero-order valence-corrected chi connectivity index (χ0v) is 13.4. The highest BCUT2D eigenvalue weighted by Crippen LogP contribution is 2.30. The molecule has 0 aliphatic carbocycles. The van der Waals surface area contributed by atoms with E-state index < -0.39 is 0 Å². The molecular formula is C15H13N3O2S2. The van der Waals surface area contributed by atoms with E-state index in [9.17, 15) is 4.79 Å². The lowest BCUT2D eigenvalue weighted by Gasteiger charge is -2.16. The minimum atomic E-state index is -0.140. The number of carbonyl (C=O) groups is 1. The number of anilines is 1. The Morgan fingerprint density at radius 2 is 2.00 bits per heavy atom. The highest BCUT2D eigenvalue weighted by Gasteiger charge is 2.14. The summed E-state index contributed by atoms with van der Waals surface area (Å²) in [6.45, 7) is -0.0650. The Labute approximate surface area is 135 Å². The molecule has 0 spiro atoms. The van der Waals surface area contributed by atoms with Gasteiger partial charge in [-0.3, -0.25) is 4.79 Å². The molecule has 0 saturated carbocycles. The van der Waals surface area contributed by atoms with E-state index in [1.165, 1.54) is 11.3 Å². The number of aromatic nitrogens is 2. The quantitative estimate of drug-likeness (QED) is 0.720. The molecule has 0 fully saturated rings. The highest BCUT2D eigenvalue weighted by atomic mass is 32.1. The number of para-hydroxylation sites is 1. The van der Waals surface area contributed by atoms with Gasteiger partial charge < -0.3 is 9.64 Å². The number of likely N-dealkylation sites (N-methyl/N-ethyl adjacent to an activating group) is 1. The van der Waals surface area contributed by atoms with Crippen LogP contribution in [0.2, 0.25) is 0 Å². The summed E-state index contributed by atoms with van der Waals surface area (Å²) >= 11 is 2.93. The van der Waals surface area contributed by atoms with Crippen molar-refractivity contribution in [1.82, 2.24) is 10.2 Å². The fraction of sp³-hybridized carbons (Fsp3) is 0.133. The van der Waals surface area contributed by atoms with Gasteiger partial charge in [-0.25, -0.2) is 0 Å². The van der Waals surface area contributed by atoms with Crippen LogP contribution in [0, 0.1) is 0 Å². The van der Waals surface area contributed by atoms with Gasteiger partial charge in [-0.05, 0) is 23.6 Å². The van der Waals surface area contributed by atoms with Crippen molar-refractivity contribution in [3.63, 3.8) is 0 Å². The van der Waals surface area contributed by atoms with Gasteiger partial charge in [0.05, 0.1) is 4.88 Å². The van der Waals surface area contributed by atoms with Crippen molar-refractivity contribution < 1.29 is 9.53 Å². The Morgan fingerprint density at radius 3 is 2.73 bits per heavy atom. The van der Waals surface area contributed by atoms with E-state index in [-0.39, 0.29) is 12.5 Å². The average Bonchev–Trinajstić information content (AvgIpc) is 3.23. The van der Waals surface area contributed by atoms with Crippen molar-refractivity contribution in [2.24, 2.45) is 0 Å². The predicted octanol–water partition coefficient (Wildman–Crippen LogP) is 3.31. The SMILES string of the molecule is CN(C(=O)COc1nnc(-c2cccs2)s1)c1ccccc1. The molecule has 2 heterocycles. The number of nitrogens with zero attached hydrogens (tertiary/aromatic N) is 3. The first kappa shape index (κ1) is 14.7. The monoisotopic (exact) mass is 331 g/mol. The van der Waals surface area contributed by atoms with E-state index in [1.54, 1.807) is 23.3 Å². The lowest BCUT2D eigenvalue weighted by Crippen LogP contribution is -2.31. The summed E-state index contributed by atoms with van der Waals surface area (Å²) in [5.74, 6) is -0.140. The van der Waals surface area contributed by atoms with Gasteiger partial charge in [-0.2, -0.15) is 0 Å². The van der Waals surface area contributed by atoms with Crippen molar-refractivity contribution in [1.29, 1.82) is 0 Å². The van der Waals surface area contributed by atoms with Gasteiger partial charge in [-0.1, -0.05) is 40.7 Å². The van der Waals surface area contributed by atoms with E-state index in [4.69, 9.17) is 4.74 Å². The van der Waals surface area contributed by atoms with Gasteiger partial charge in [0.1, 0.15) is 0 Å². The number of hydrogen-bond donors (Lipinski definition) is 0. The van der Waals surface area contributed by atoms with Crippen LogP contribution < -0.4 is 9.64 Å². The maximum absolute atomic E-state index is 12.1. The van der Waals surface area contributed by atoms with Crippen LogP contribution in [0.3, 0.4) is 0 Å². The summed E-state index contributed by atoms with van der Waals surface area (Å²) in [5, 5.41) is 11.2. The topological polar surface area (TPSA) is 55.3 Å². The Bertz CT molecular complexity index is 741. The van der Waals surface area contributed by atoms with Crippen LogP contribution in [0.4, 0.5) is 5.69 Å². The molecule has 7 heteroatoms. The molecule has 0 radical (unpaired) electrons. The molecule has 5 nitrogen and oxygen atoms in total. The van der Waals surface area contributed by atoms with Gasteiger partial charge in [0.15, 0.2) is 11.6 Å². The number of rotatable bonds is 5. The van der Waals surface area contributed by atoms with Gasteiger partial charge in [-0.15, -0.1) is 16.4 Å². The molecule has 0 aliphatic heterocycles. The molecule has 0 saturated heterocycles. The van der Waals surface area contributed by atoms with Crippen LogP contribution in [0.25, 0.3) is 9.88 Å². The lowest BCUT2D eigenvalue weighted by molar-refractivity contribution is -0.120. The first-order valence-electron chi connectivity index (χ1n) is 6.56. The normalized spacial score (nSPS) is 10.4. The van der Waals surface area contributed by atoms with Crippen LogP contribution in [0.5, 0.6) is 5.19 Å². The molecule has 0 atom stereocenters. The summed E-state index contributed by atoms with van der Waals surface area (Å²) in [6.07, 6.45) is 0. The average molecular weight is 331 g/mol. The minimum Gasteiger partial charge on any atom is -0.459 e. The summed E-state index contributed by atoms with van der Waals surface area (Å²) in [7, 11) is 1.72.